The molecule has 0 aromatic rings. The summed E-state index contributed by atoms with van der Waals surface area (Å²) in [5.41, 5.74) is 0. The molecule has 16 heavy (non-hydrogen) atoms. The third-order valence-electron chi connectivity index (χ3n) is 2.75. The summed E-state index contributed by atoms with van der Waals surface area (Å²) in [5, 5.41) is 12.1. The standard InChI is InChI=1S/C12H23NO3/c1-9(2)16-8-4-3-7-13-11(12(14)15)10-5-6-10/h9-11,13H,3-8H2,1-2H3,(H,14,15). The number of ether oxygens (including phenoxy) is 1. The lowest BCUT2D eigenvalue weighted by atomic mass is 10.2. The Labute approximate surface area is 97.4 Å². The summed E-state index contributed by atoms with van der Waals surface area (Å²) in [5.74, 6) is -0.342. The third-order valence-corrected chi connectivity index (χ3v) is 2.75. The zero-order chi connectivity index (χ0) is 12.0. The SMILES string of the molecule is CC(C)OCCCCNC(C(=O)O)C1CC1. The van der Waals surface area contributed by atoms with Gasteiger partial charge < -0.3 is 15.2 Å². The maximum Gasteiger partial charge on any atom is 0.320 e. The molecule has 0 spiro atoms. The smallest absolute Gasteiger partial charge is 0.320 e. The van der Waals surface area contributed by atoms with E-state index in [1.807, 2.05) is 13.8 Å². The molecule has 94 valence electrons. The van der Waals surface area contributed by atoms with Crippen molar-refractivity contribution in [1.29, 1.82) is 0 Å². The predicted octanol–water partition coefficient (Wildman–Crippen LogP) is 1.64. The fourth-order valence-corrected chi connectivity index (χ4v) is 1.69. The fraction of sp³-hybridized carbons (Fsp3) is 0.917. The Morgan fingerprint density at radius 3 is 2.62 bits per heavy atom. The first-order chi connectivity index (χ1) is 7.61. The second-order valence-electron chi connectivity index (χ2n) is 4.73. The van der Waals surface area contributed by atoms with Crippen LogP contribution in [-0.4, -0.2) is 36.4 Å². The second-order valence-corrected chi connectivity index (χ2v) is 4.73. The van der Waals surface area contributed by atoms with E-state index in [-0.39, 0.29) is 12.1 Å². The maximum absolute atomic E-state index is 10.9. The van der Waals surface area contributed by atoms with Crippen molar-refractivity contribution in [2.45, 2.75) is 51.7 Å². The van der Waals surface area contributed by atoms with Gasteiger partial charge in [-0.3, -0.25) is 4.79 Å². The Kier molecular flexibility index (Phi) is 5.77. The molecular weight excluding hydrogens is 206 g/mol. The largest absolute Gasteiger partial charge is 0.480 e. The normalized spacial score (nSPS) is 17.7. The van der Waals surface area contributed by atoms with Gasteiger partial charge in [0.05, 0.1) is 6.10 Å². The molecule has 0 heterocycles. The number of rotatable bonds is 9. The maximum atomic E-state index is 10.9. The molecule has 1 unspecified atom stereocenters. The van der Waals surface area contributed by atoms with Crippen molar-refractivity contribution in [2.75, 3.05) is 13.2 Å². The van der Waals surface area contributed by atoms with Crippen LogP contribution in [0.15, 0.2) is 0 Å². The first-order valence-corrected chi connectivity index (χ1v) is 6.19. The van der Waals surface area contributed by atoms with Crippen LogP contribution in [0, 0.1) is 5.92 Å². The zero-order valence-corrected chi connectivity index (χ0v) is 10.2. The Hall–Kier alpha value is -0.610. The molecule has 1 rings (SSSR count). The quantitative estimate of drug-likeness (QED) is 0.590. The average Bonchev–Trinajstić information content (AvgIpc) is 2.99. The highest BCUT2D eigenvalue weighted by molar-refractivity contribution is 5.74. The molecule has 1 aliphatic rings. The van der Waals surface area contributed by atoms with E-state index >= 15 is 0 Å². The highest BCUT2D eigenvalue weighted by Crippen LogP contribution is 2.32. The van der Waals surface area contributed by atoms with Crippen LogP contribution < -0.4 is 5.32 Å². The molecule has 2 N–H and O–H groups in total. The first-order valence-electron chi connectivity index (χ1n) is 6.19. The molecule has 0 aromatic carbocycles. The van der Waals surface area contributed by atoms with Crippen LogP contribution in [0.3, 0.4) is 0 Å². The van der Waals surface area contributed by atoms with Gasteiger partial charge in [-0.1, -0.05) is 0 Å². The van der Waals surface area contributed by atoms with Crippen LogP contribution in [0.25, 0.3) is 0 Å². The summed E-state index contributed by atoms with van der Waals surface area (Å²) >= 11 is 0. The van der Waals surface area contributed by atoms with Crippen molar-refractivity contribution >= 4 is 5.97 Å². The highest BCUT2D eigenvalue weighted by atomic mass is 16.5. The number of carboxylic acids is 1. The van der Waals surface area contributed by atoms with Gasteiger partial charge in [0.25, 0.3) is 0 Å². The van der Waals surface area contributed by atoms with Crippen molar-refractivity contribution in [3.05, 3.63) is 0 Å². The number of hydrogen-bond donors (Lipinski definition) is 2. The minimum Gasteiger partial charge on any atom is -0.480 e. The molecule has 0 bridgehead atoms. The van der Waals surface area contributed by atoms with E-state index in [0.717, 1.165) is 38.8 Å². The molecule has 4 nitrogen and oxygen atoms in total. The van der Waals surface area contributed by atoms with E-state index in [2.05, 4.69) is 5.32 Å². The summed E-state index contributed by atoms with van der Waals surface area (Å²) in [6.07, 6.45) is 4.36. The van der Waals surface area contributed by atoms with Crippen molar-refractivity contribution in [1.82, 2.24) is 5.32 Å². The van der Waals surface area contributed by atoms with Crippen LogP contribution >= 0.6 is 0 Å². The lowest BCUT2D eigenvalue weighted by Crippen LogP contribution is -2.39. The number of hydrogen-bond acceptors (Lipinski definition) is 3. The van der Waals surface area contributed by atoms with Crippen LogP contribution in [0.2, 0.25) is 0 Å². The van der Waals surface area contributed by atoms with Crippen LogP contribution in [0.5, 0.6) is 0 Å². The minimum absolute atomic E-state index is 0.284. The molecule has 4 heteroatoms. The van der Waals surface area contributed by atoms with E-state index < -0.39 is 5.97 Å². The Morgan fingerprint density at radius 2 is 2.12 bits per heavy atom. The Bertz CT molecular complexity index is 214. The zero-order valence-electron chi connectivity index (χ0n) is 10.2. The summed E-state index contributed by atoms with van der Waals surface area (Å²) in [6.45, 7) is 5.58. The molecular formula is C12H23NO3. The molecule has 0 amide bonds. The van der Waals surface area contributed by atoms with Gasteiger partial charge in [0, 0.05) is 6.61 Å². The fourth-order valence-electron chi connectivity index (χ4n) is 1.69. The van der Waals surface area contributed by atoms with Gasteiger partial charge in [-0.2, -0.15) is 0 Å². The van der Waals surface area contributed by atoms with Gasteiger partial charge in [0.1, 0.15) is 6.04 Å². The lowest BCUT2D eigenvalue weighted by molar-refractivity contribution is -0.140. The van der Waals surface area contributed by atoms with Gasteiger partial charge in [0.15, 0.2) is 0 Å². The second kappa shape index (κ2) is 6.86. The van der Waals surface area contributed by atoms with E-state index in [9.17, 15) is 4.79 Å². The average molecular weight is 229 g/mol. The lowest BCUT2D eigenvalue weighted by Gasteiger charge is -2.13. The monoisotopic (exact) mass is 229 g/mol. The van der Waals surface area contributed by atoms with Gasteiger partial charge in [-0.25, -0.2) is 0 Å². The van der Waals surface area contributed by atoms with Crippen LogP contribution in [-0.2, 0) is 9.53 Å². The predicted molar refractivity (Wildman–Crippen MR) is 62.5 cm³/mol. The molecule has 1 saturated carbocycles. The van der Waals surface area contributed by atoms with Gasteiger partial charge in [-0.15, -0.1) is 0 Å². The van der Waals surface area contributed by atoms with E-state index in [1.54, 1.807) is 0 Å². The summed E-state index contributed by atoms with van der Waals surface area (Å²) in [7, 11) is 0. The topological polar surface area (TPSA) is 58.6 Å². The van der Waals surface area contributed by atoms with Crippen molar-refractivity contribution in [2.24, 2.45) is 5.92 Å². The van der Waals surface area contributed by atoms with Gasteiger partial charge >= 0.3 is 5.97 Å². The molecule has 0 aromatic heterocycles. The van der Waals surface area contributed by atoms with E-state index in [1.165, 1.54) is 0 Å². The number of carboxylic acid groups (broad SMARTS) is 1. The Balaban J connectivity index is 1.98. The molecule has 1 atom stereocenters. The van der Waals surface area contributed by atoms with Crippen molar-refractivity contribution in [3.63, 3.8) is 0 Å². The number of carbonyl (C=O) groups is 1. The van der Waals surface area contributed by atoms with Crippen LogP contribution in [0.1, 0.15) is 39.5 Å². The number of unbranched alkanes of at least 4 members (excludes halogenated alkanes) is 1. The summed E-state index contributed by atoms with van der Waals surface area (Å²) < 4.78 is 5.41. The van der Waals surface area contributed by atoms with Crippen molar-refractivity contribution < 1.29 is 14.6 Å². The molecule has 0 aliphatic heterocycles. The molecule has 1 aliphatic carbocycles. The molecule has 0 saturated heterocycles. The third kappa shape index (κ3) is 5.47. The van der Waals surface area contributed by atoms with Crippen LogP contribution in [0.4, 0.5) is 0 Å². The molecule has 1 fully saturated rings. The Morgan fingerprint density at radius 1 is 1.44 bits per heavy atom. The summed E-state index contributed by atoms with van der Waals surface area (Å²) in [4.78, 5) is 10.9. The highest BCUT2D eigenvalue weighted by Gasteiger charge is 2.35. The van der Waals surface area contributed by atoms with Gasteiger partial charge in [-0.05, 0) is 52.0 Å². The van der Waals surface area contributed by atoms with E-state index in [4.69, 9.17) is 9.84 Å². The number of aliphatic carboxylic acids is 1. The molecule has 0 radical (unpaired) electrons. The summed E-state index contributed by atoms with van der Waals surface area (Å²) in [6, 6.07) is -0.328. The first kappa shape index (κ1) is 13.5. The van der Waals surface area contributed by atoms with Gasteiger partial charge in [0.2, 0.25) is 0 Å². The van der Waals surface area contributed by atoms with Crippen molar-refractivity contribution in [3.8, 4) is 0 Å². The van der Waals surface area contributed by atoms with E-state index in [0.29, 0.717) is 5.92 Å². The minimum atomic E-state index is -0.707. The number of nitrogens with one attached hydrogen (secondary N) is 1.